The van der Waals surface area contributed by atoms with E-state index < -0.39 is 0 Å². The van der Waals surface area contributed by atoms with Crippen LogP contribution in [0.1, 0.15) is 16.1 Å². The molecule has 1 aliphatic rings. The van der Waals surface area contributed by atoms with Gasteiger partial charge in [0.15, 0.2) is 0 Å². The number of carbonyl (C=O) groups is 1. The highest BCUT2D eigenvalue weighted by atomic mass is 35.5. The van der Waals surface area contributed by atoms with Crippen LogP contribution in [-0.4, -0.2) is 46.4 Å². The third-order valence-electron chi connectivity index (χ3n) is 4.31. The van der Waals surface area contributed by atoms with E-state index in [-0.39, 0.29) is 30.7 Å². The van der Waals surface area contributed by atoms with Crippen LogP contribution >= 0.6 is 36.6 Å². The summed E-state index contributed by atoms with van der Waals surface area (Å²) in [6.07, 6.45) is 4.04. The van der Waals surface area contributed by atoms with Crippen LogP contribution in [0.15, 0.2) is 59.8 Å². The Balaban J connectivity index is 0.00000131. The van der Waals surface area contributed by atoms with Crippen LogP contribution in [0.2, 0.25) is 0 Å². The van der Waals surface area contributed by atoms with Gasteiger partial charge in [0.05, 0.1) is 11.3 Å². The number of fused-ring (bicyclic) bond motifs is 1. The van der Waals surface area contributed by atoms with Crippen molar-refractivity contribution in [2.45, 2.75) is 10.6 Å². The topological polar surface area (TPSA) is 49.6 Å². The van der Waals surface area contributed by atoms with Gasteiger partial charge in [0.25, 0.3) is 5.91 Å². The minimum Gasteiger partial charge on any atom is -0.336 e. The summed E-state index contributed by atoms with van der Waals surface area (Å²) in [5, 5.41) is 3.29. The fourth-order valence-corrected chi connectivity index (χ4v) is 3.94. The van der Waals surface area contributed by atoms with Crippen LogP contribution in [0.4, 0.5) is 0 Å². The number of hydrogen-bond donors (Lipinski definition) is 1. The maximum absolute atomic E-state index is 12.8. The molecular formula is C19H22Cl2N4OS. The van der Waals surface area contributed by atoms with E-state index in [0.717, 1.165) is 53.7 Å². The molecular weight excluding hydrogens is 403 g/mol. The molecule has 5 nitrogen and oxygen atoms in total. The Labute approximate surface area is 175 Å². The number of imidazole rings is 1. The standard InChI is InChI=1S/C19H20N4OS.2ClH/c24-19(22-11-8-20-9-12-22)16-5-1-2-6-17(16)25-14-15-13-23-10-4-3-7-18(23)21-15;;/h1-7,10,13,20H,8-9,11-12,14H2;2*1H. The average Bonchev–Trinajstić information content (AvgIpc) is 3.10. The summed E-state index contributed by atoms with van der Waals surface area (Å²) < 4.78 is 2.02. The van der Waals surface area contributed by atoms with Crippen LogP contribution in [0, 0.1) is 0 Å². The molecule has 1 N–H and O–H groups in total. The molecule has 0 bridgehead atoms. The highest BCUT2D eigenvalue weighted by Gasteiger charge is 2.20. The maximum Gasteiger partial charge on any atom is 0.255 e. The number of rotatable bonds is 4. The molecule has 0 atom stereocenters. The van der Waals surface area contributed by atoms with Crippen molar-refractivity contribution in [3.05, 3.63) is 66.1 Å². The number of benzene rings is 1. The second kappa shape index (κ2) is 9.99. The van der Waals surface area contributed by atoms with Crippen LogP contribution in [0.25, 0.3) is 5.65 Å². The van der Waals surface area contributed by atoms with E-state index in [0.29, 0.717) is 0 Å². The number of pyridine rings is 1. The second-order valence-corrected chi connectivity index (χ2v) is 7.04. The monoisotopic (exact) mass is 424 g/mol. The normalized spacial score (nSPS) is 13.7. The van der Waals surface area contributed by atoms with E-state index in [1.165, 1.54) is 0 Å². The van der Waals surface area contributed by atoms with E-state index >= 15 is 0 Å². The molecule has 8 heteroatoms. The lowest BCUT2D eigenvalue weighted by molar-refractivity contribution is 0.0732. The van der Waals surface area contributed by atoms with E-state index in [2.05, 4.69) is 10.3 Å². The molecule has 0 saturated carbocycles. The summed E-state index contributed by atoms with van der Waals surface area (Å²) in [6.45, 7) is 3.26. The summed E-state index contributed by atoms with van der Waals surface area (Å²) in [7, 11) is 0. The second-order valence-electron chi connectivity index (χ2n) is 6.03. The Hall–Kier alpha value is -1.73. The highest BCUT2D eigenvalue weighted by molar-refractivity contribution is 7.98. The van der Waals surface area contributed by atoms with Gasteiger partial charge in [-0.15, -0.1) is 36.6 Å². The average molecular weight is 425 g/mol. The Morgan fingerprint density at radius 1 is 1.07 bits per heavy atom. The van der Waals surface area contributed by atoms with Gasteiger partial charge < -0.3 is 14.6 Å². The molecule has 1 amide bonds. The first-order valence-corrected chi connectivity index (χ1v) is 9.44. The van der Waals surface area contributed by atoms with Gasteiger partial charge in [-0.1, -0.05) is 18.2 Å². The number of hydrogen-bond acceptors (Lipinski definition) is 4. The Morgan fingerprint density at radius 2 is 1.81 bits per heavy atom. The van der Waals surface area contributed by atoms with Gasteiger partial charge >= 0.3 is 0 Å². The molecule has 27 heavy (non-hydrogen) atoms. The zero-order valence-electron chi connectivity index (χ0n) is 14.7. The summed E-state index contributed by atoms with van der Waals surface area (Å²) in [4.78, 5) is 20.4. The van der Waals surface area contributed by atoms with Crippen LogP contribution in [-0.2, 0) is 5.75 Å². The first-order chi connectivity index (χ1) is 12.3. The van der Waals surface area contributed by atoms with Gasteiger partial charge in [-0.3, -0.25) is 4.79 Å². The molecule has 4 rings (SSSR count). The summed E-state index contributed by atoms with van der Waals surface area (Å²) in [5.41, 5.74) is 2.75. The minimum atomic E-state index is 0. The number of halogens is 2. The lowest BCUT2D eigenvalue weighted by atomic mass is 10.2. The van der Waals surface area contributed by atoms with Gasteiger partial charge in [-0.25, -0.2) is 4.98 Å². The molecule has 1 aromatic carbocycles. The van der Waals surface area contributed by atoms with Gasteiger partial charge in [0.2, 0.25) is 0 Å². The third-order valence-corrected chi connectivity index (χ3v) is 5.42. The first kappa shape index (κ1) is 21.6. The van der Waals surface area contributed by atoms with E-state index in [9.17, 15) is 4.79 Å². The number of thioether (sulfide) groups is 1. The van der Waals surface area contributed by atoms with Gasteiger partial charge in [-0.05, 0) is 24.3 Å². The Morgan fingerprint density at radius 3 is 2.59 bits per heavy atom. The number of nitrogens with one attached hydrogen (secondary N) is 1. The molecule has 0 aliphatic carbocycles. The molecule has 2 aromatic heterocycles. The van der Waals surface area contributed by atoms with Crippen molar-refractivity contribution in [2.24, 2.45) is 0 Å². The molecule has 0 radical (unpaired) electrons. The predicted molar refractivity (Wildman–Crippen MR) is 114 cm³/mol. The number of piperazine rings is 1. The molecule has 0 unspecified atom stereocenters. The smallest absolute Gasteiger partial charge is 0.255 e. The van der Waals surface area contributed by atoms with Crippen molar-refractivity contribution in [3.8, 4) is 0 Å². The van der Waals surface area contributed by atoms with Crippen LogP contribution < -0.4 is 5.32 Å². The van der Waals surface area contributed by atoms with Gasteiger partial charge in [-0.2, -0.15) is 0 Å². The lowest BCUT2D eigenvalue weighted by Crippen LogP contribution is -2.46. The lowest BCUT2D eigenvalue weighted by Gasteiger charge is -2.28. The first-order valence-electron chi connectivity index (χ1n) is 8.46. The summed E-state index contributed by atoms with van der Waals surface area (Å²) in [5.74, 6) is 0.868. The maximum atomic E-state index is 12.8. The third kappa shape index (κ3) is 4.96. The zero-order chi connectivity index (χ0) is 17.1. The van der Waals surface area contributed by atoms with E-state index in [1.54, 1.807) is 11.8 Å². The summed E-state index contributed by atoms with van der Waals surface area (Å²) >= 11 is 1.67. The predicted octanol–water partition coefficient (Wildman–Crippen LogP) is 3.52. The van der Waals surface area contributed by atoms with Crippen molar-refractivity contribution in [2.75, 3.05) is 26.2 Å². The number of aromatic nitrogens is 2. The van der Waals surface area contributed by atoms with Crippen molar-refractivity contribution < 1.29 is 4.79 Å². The summed E-state index contributed by atoms with van der Waals surface area (Å²) in [6, 6.07) is 13.8. The fourth-order valence-electron chi connectivity index (χ4n) is 3.02. The van der Waals surface area contributed by atoms with Crippen LogP contribution in [0.3, 0.4) is 0 Å². The quantitative estimate of drug-likeness (QED) is 0.650. The highest BCUT2D eigenvalue weighted by Crippen LogP contribution is 2.27. The van der Waals surface area contributed by atoms with Crippen molar-refractivity contribution in [1.29, 1.82) is 0 Å². The fraction of sp³-hybridized carbons (Fsp3) is 0.263. The number of carbonyl (C=O) groups excluding carboxylic acids is 1. The molecule has 144 valence electrons. The van der Waals surface area contributed by atoms with E-state index in [1.807, 2.05) is 64.2 Å². The zero-order valence-corrected chi connectivity index (χ0v) is 17.2. The minimum absolute atomic E-state index is 0. The molecule has 1 aliphatic heterocycles. The molecule has 3 heterocycles. The largest absolute Gasteiger partial charge is 0.336 e. The SMILES string of the molecule is Cl.Cl.O=C(c1ccccc1SCc1cn2ccccc2n1)N1CCNCC1. The molecule has 1 saturated heterocycles. The molecule has 1 fully saturated rings. The number of nitrogens with zero attached hydrogens (tertiary/aromatic N) is 3. The van der Waals surface area contributed by atoms with Crippen molar-refractivity contribution in [3.63, 3.8) is 0 Å². The van der Waals surface area contributed by atoms with E-state index in [4.69, 9.17) is 0 Å². The van der Waals surface area contributed by atoms with Crippen LogP contribution in [0.5, 0.6) is 0 Å². The molecule has 3 aromatic rings. The molecule has 0 spiro atoms. The number of amides is 1. The Kier molecular flexibility index (Phi) is 7.98. The van der Waals surface area contributed by atoms with Crippen molar-refractivity contribution in [1.82, 2.24) is 19.6 Å². The van der Waals surface area contributed by atoms with Gasteiger partial charge in [0.1, 0.15) is 5.65 Å². The van der Waals surface area contributed by atoms with Crippen molar-refractivity contribution >= 4 is 48.1 Å². The van der Waals surface area contributed by atoms with Gasteiger partial charge in [0, 0.05) is 49.2 Å². The Bertz CT molecular complexity index is 863.